The van der Waals surface area contributed by atoms with Crippen molar-refractivity contribution in [3.63, 3.8) is 0 Å². The van der Waals surface area contributed by atoms with E-state index in [0.29, 0.717) is 0 Å². The highest BCUT2D eigenvalue weighted by Crippen LogP contribution is 2.35. The molecule has 84 valence electrons. The van der Waals surface area contributed by atoms with Gasteiger partial charge in [-0.3, -0.25) is 4.79 Å². The molecular formula is C14H10INO. The molecule has 0 radical (unpaired) electrons. The Balaban J connectivity index is 2.17. The molecule has 0 unspecified atom stereocenters. The molecule has 0 aliphatic carbocycles. The molecule has 2 nitrogen and oxygen atoms in total. The summed E-state index contributed by atoms with van der Waals surface area (Å²) < 4.78 is 1.10. The Labute approximate surface area is 113 Å². The van der Waals surface area contributed by atoms with Gasteiger partial charge in [-0.1, -0.05) is 18.2 Å². The Kier molecular flexibility index (Phi) is 2.63. The number of nitrogens with one attached hydrogen (secondary N) is 1. The molecule has 2 aromatic rings. The summed E-state index contributed by atoms with van der Waals surface area (Å²) >= 11 is 2.25. The van der Waals surface area contributed by atoms with Crippen LogP contribution in [0.2, 0.25) is 0 Å². The minimum Gasteiger partial charge on any atom is -0.354 e. The number of aldehydes is 1. The number of carbonyl (C=O) groups excluding carboxylic acids is 1. The monoisotopic (exact) mass is 335 g/mol. The molecule has 1 aliphatic heterocycles. The van der Waals surface area contributed by atoms with Crippen LogP contribution in [0.5, 0.6) is 0 Å². The third kappa shape index (κ3) is 1.84. The molecule has 1 N–H and O–H groups in total. The zero-order valence-electron chi connectivity index (χ0n) is 9.03. The van der Waals surface area contributed by atoms with Gasteiger partial charge in [0.25, 0.3) is 0 Å². The SMILES string of the molecule is O=Cc1cc(I)cc2c1Nc1ccccc1C2. The molecule has 1 aliphatic rings. The molecule has 0 saturated heterocycles. The maximum atomic E-state index is 11.1. The Morgan fingerprint density at radius 1 is 1.18 bits per heavy atom. The number of anilines is 2. The molecular weight excluding hydrogens is 325 g/mol. The van der Waals surface area contributed by atoms with E-state index in [1.165, 1.54) is 11.1 Å². The predicted molar refractivity (Wildman–Crippen MR) is 77.1 cm³/mol. The Hall–Kier alpha value is -1.36. The van der Waals surface area contributed by atoms with Gasteiger partial charge in [-0.2, -0.15) is 0 Å². The van der Waals surface area contributed by atoms with Crippen molar-refractivity contribution in [2.45, 2.75) is 6.42 Å². The van der Waals surface area contributed by atoms with Crippen LogP contribution >= 0.6 is 22.6 Å². The van der Waals surface area contributed by atoms with Gasteiger partial charge < -0.3 is 5.32 Å². The number of halogens is 1. The van der Waals surface area contributed by atoms with E-state index in [0.717, 1.165) is 33.2 Å². The number of benzene rings is 2. The van der Waals surface area contributed by atoms with Crippen molar-refractivity contribution in [3.8, 4) is 0 Å². The lowest BCUT2D eigenvalue weighted by Crippen LogP contribution is -2.09. The minimum absolute atomic E-state index is 0.737. The first-order valence-electron chi connectivity index (χ1n) is 5.40. The molecule has 0 fully saturated rings. The normalized spacial score (nSPS) is 12.3. The van der Waals surface area contributed by atoms with E-state index in [4.69, 9.17) is 0 Å². The van der Waals surface area contributed by atoms with Crippen LogP contribution in [0.3, 0.4) is 0 Å². The summed E-state index contributed by atoms with van der Waals surface area (Å²) in [5, 5.41) is 3.35. The lowest BCUT2D eigenvalue weighted by Gasteiger charge is -2.22. The highest BCUT2D eigenvalue weighted by atomic mass is 127. The zero-order valence-corrected chi connectivity index (χ0v) is 11.2. The quantitative estimate of drug-likeness (QED) is 0.542. The van der Waals surface area contributed by atoms with Crippen LogP contribution in [0.4, 0.5) is 11.4 Å². The average molecular weight is 335 g/mol. The third-order valence-corrected chi connectivity index (χ3v) is 3.62. The first kappa shape index (κ1) is 10.8. The molecule has 0 atom stereocenters. The van der Waals surface area contributed by atoms with Crippen molar-refractivity contribution in [2.75, 3.05) is 5.32 Å². The highest BCUT2D eigenvalue weighted by Gasteiger charge is 2.17. The second kappa shape index (κ2) is 4.14. The van der Waals surface area contributed by atoms with Gasteiger partial charge in [0, 0.05) is 21.2 Å². The van der Waals surface area contributed by atoms with E-state index < -0.39 is 0 Å². The van der Waals surface area contributed by atoms with Gasteiger partial charge in [-0.05, 0) is 51.9 Å². The number of rotatable bonds is 1. The molecule has 0 saturated carbocycles. The first-order valence-corrected chi connectivity index (χ1v) is 6.48. The van der Waals surface area contributed by atoms with E-state index in [-0.39, 0.29) is 0 Å². The van der Waals surface area contributed by atoms with Crippen molar-refractivity contribution >= 4 is 40.3 Å². The summed E-state index contributed by atoms with van der Waals surface area (Å²) in [6.07, 6.45) is 1.80. The van der Waals surface area contributed by atoms with Gasteiger partial charge in [0.05, 0.1) is 5.69 Å². The summed E-state index contributed by atoms with van der Waals surface area (Å²) in [5.74, 6) is 0. The van der Waals surface area contributed by atoms with Gasteiger partial charge in [-0.15, -0.1) is 0 Å². The lowest BCUT2D eigenvalue weighted by atomic mass is 9.95. The van der Waals surface area contributed by atoms with E-state index in [2.05, 4.69) is 40.0 Å². The fourth-order valence-corrected chi connectivity index (χ4v) is 2.92. The largest absolute Gasteiger partial charge is 0.354 e. The molecule has 1 heterocycles. The van der Waals surface area contributed by atoms with Crippen LogP contribution in [0.1, 0.15) is 21.5 Å². The zero-order chi connectivity index (χ0) is 11.8. The van der Waals surface area contributed by atoms with Crippen LogP contribution in [-0.4, -0.2) is 6.29 Å². The lowest BCUT2D eigenvalue weighted by molar-refractivity contribution is 0.112. The van der Waals surface area contributed by atoms with Crippen molar-refractivity contribution in [1.29, 1.82) is 0 Å². The second-order valence-corrected chi connectivity index (χ2v) is 5.35. The fraction of sp³-hybridized carbons (Fsp3) is 0.0714. The van der Waals surface area contributed by atoms with Crippen molar-refractivity contribution in [1.82, 2.24) is 0 Å². The molecule has 0 aromatic heterocycles. The van der Waals surface area contributed by atoms with E-state index in [9.17, 15) is 4.79 Å². The maximum absolute atomic E-state index is 11.1. The van der Waals surface area contributed by atoms with Gasteiger partial charge in [0.2, 0.25) is 0 Å². The summed E-state index contributed by atoms with van der Waals surface area (Å²) in [6, 6.07) is 12.2. The Morgan fingerprint density at radius 2 is 2.00 bits per heavy atom. The molecule has 3 rings (SSSR count). The molecule has 0 amide bonds. The fourth-order valence-electron chi connectivity index (χ4n) is 2.21. The van der Waals surface area contributed by atoms with Crippen molar-refractivity contribution < 1.29 is 4.79 Å². The number of hydrogen-bond donors (Lipinski definition) is 1. The number of para-hydroxylation sites is 1. The number of carbonyl (C=O) groups is 1. The average Bonchev–Trinajstić information content (AvgIpc) is 2.35. The molecule has 0 spiro atoms. The smallest absolute Gasteiger partial charge is 0.152 e. The predicted octanol–water partition coefficient (Wildman–Crippen LogP) is 3.75. The van der Waals surface area contributed by atoms with Crippen LogP contribution in [0.15, 0.2) is 36.4 Å². The summed E-state index contributed by atoms with van der Waals surface area (Å²) in [5.41, 5.74) is 5.27. The summed E-state index contributed by atoms with van der Waals surface area (Å²) in [6.45, 7) is 0. The summed E-state index contributed by atoms with van der Waals surface area (Å²) in [7, 11) is 0. The third-order valence-electron chi connectivity index (χ3n) is 3.00. The van der Waals surface area contributed by atoms with Crippen LogP contribution in [0.25, 0.3) is 0 Å². The highest BCUT2D eigenvalue weighted by molar-refractivity contribution is 14.1. The minimum atomic E-state index is 0.737. The van der Waals surface area contributed by atoms with Crippen LogP contribution < -0.4 is 5.32 Å². The van der Waals surface area contributed by atoms with E-state index >= 15 is 0 Å². The standard InChI is InChI=1S/C14H10INO/c15-12-6-10-5-9-3-1-2-4-13(9)16-14(10)11(7-12)8-17/h1-4,6-8,16H,5H2. The van der Waals surface area contributed by atoms with Crippen LogP contribution in [0, 0.1) is 3.57 Å². The summed E-state index contributed by atoms with van der Waals surface area (Å²) in [4.78, 5) is 11.1. The molecule has 3 heteroatoms. The number of hydrogen-bond acceptors (Lipinski definition) is 2. The van der Waals surface area contributed by atoms with Crippen molar-refractivity contribution in [3.05, 3.63) is 56.7 Å². The van der Waals surface area contributed by atoms with Crippen molar-refractivity contribution in [2.24, 2.45) is 0 Å². The van der Waals surface area contributed by atoms with E-state index in [1.807, 2.05) is 24.3 Å². The first-order chi connectivity index (χ1) is 8.28. The van der Waals surface area contributed by atoms with Crippen LogP contribution in [-0.2, 0) is 6.42 Å². The Bertz CT molecular complexity index is 607. The van der Waals surface area contributed by atoms with E-state index in [1.54, 1.807) is 0 Å². The van der Waals surface area contributed by atoms with Gasteiger partial charge >= 0.3 is 0 Å². The van der Waals surface area contributed by atoms with Gasteiger partial charge in [-0.25, -0.2) is 0 Å². The molecule has 2 aromatic carbocycles. The molecule has 0 bridgehead atoms. The van der Waals surface area contributed by atoms with Gasteiger partial charge in [0.15, 0.2) is 6.29 Å². The second-order valence-electron chi connectivity index (χ2n) is 4.11. The number of fused-ring (bicyclic) bond motifs is 2. The maximum Gasteiger partial charge on any atom is 0.152 e. The Morgan fingerprint density at radius 3 is 2.82 bits per heavy atom. The molecule has 17 heavy (non-hydrogen) atoms. The van der Waals surface area contributed by atoms with Gasteiger partial charge in [0.1, 0.15) is 0 Å². The topological polar surface area (TPSA) is 29.1 Å².